The molecule has 0 atom stereocenters. The first-order valence-electron chi connectivity index (χ1n) is 6.00. The first-order chi connectivity index (χ1) is 8.11. The van der Waals surface area contributed by atoms with Gasteiger partial charge in [0.2, 0.25) is 5.91 Å². The quantitative estimate of drug-likeness (QED) is 0.745. The summed E-state index contributed by atoms with van der Waals surface area (Å²) in [4.78, 5) is 12.6. The Balaban J connectivity index is 0.000000304. The fourth-order valence-electron chi connectivity index (χ4n) is 1.30. The van der Waals surface area contributed by atoms with Crippen LogP contribution < -0.4 is 5.32 Å². The lowest BCUT2D eigenvalue weighted by molar-refractivity contribution is -0.129. The second kappa shape index (κ2) is 9.85. The molecule has 0 radical (unpaired) electrons. The number of carbonyl (C=O) groups excluding carboxylic acids is 1. The van der Waals surface area contributed by atoms with E-state index in [-0.39, 0.29) is 5.91 Å². The van der Waals surface area contributed by atoms with E-state index < -0.39 is 0 Å². The summed E-state index contributed by atoms with van der Waals surface area (Å²) in [7, 11) is 0. The van der Waals surface area contributed by atoms with Gasteiger partial charge in [-0.15, -0.1) is 0 Å². The Bertz CT molecular complexity index is 287. The molecule has 17 heavy (non-hydrogen) atoms. The monoisotopic (exact) mass is 236 g/mol. The smallest absolute Gasteiger partial charge is 0.219 e. The molecule has 1 fully saturated rings. The summed E-state index contributed by atoms with van der Waals surface area (Å²) in [5.74, 6) is 0.191. The summed E-state index contributed by atoms with van der Waals surface area (Å²) < 4.78 is 0. The number of allylic oxidation sites excluding steroid dienone is 5. The molecule has 96 valence electrons. The minimum atomic E-state index is 0.191. The van der Waals surface area contributed by atoms with Crippen molar-refractivity contribution in [1.29, 1.82) is 0 Å². The predicted molar refractivity (Wildman–Crippen MR) is 73.9 cm³/mol. The lowest BCUT2D eigenvalue weighted by atomic mass is 10.3. The second-order valence-corrected chi connectivity index (χ2v) is 3.90. The van der Waals surface area contributed by atoms with Crippen molar-refractivity contribution < 1.29 is 4.79 Å². The highest BCUT2D eigenvalue weighted by Gasteiger charge is 2.10. The molecule has 1 saturated heterocycles. The van der Waals surface area contributed by atoms with Gasteiger partial charge in [0.1, 0.15) is 0 Å². The van der Waals surface area contributed by atoms with Gasteiger partial charge >= 0.3 is 0 Å². The van der Waals surface area contributed by atoms with E-state index in [1.54, 1.807) is 6.92 Å². The van der Waals surface area contributed by atoms with Gasteiger partial charge < -0.3 is 10.2 Å². The molecule has 0 unspecified atom stereocenters. The zero-order valence-electron chi connectivity index (χ0n) is 11.2. The minimum absolute atomic E-state index is 0.191. The number of hydrogen-bond acceptors (Lipinski definition) is 2. The Morgan fingerprint density at radius 3 is 2.24 bits per heavy atom. The van der Waals surface area contributed by atoms with Crippen molar-refractivity contribution in [3.05, 3.63) is 36.5 Å². The molecule has 1 rings (SSSR count). The maximum absolute atomic E-state index is 10.7. The van der Waals surface area contributed by atoms with Gasteiger partial charge in [0.25, 0.3) is 0 Å². The van der Waals surface area contributed by atoms with Gasteiger partial charge in [0.05, 0.1) is 0 Å². The third kappa shape index (κ3) is 8.46. The van der Waals surface area contributed by atoms with E-state index in [1.807, 2.05) is 43.1 Å². The van der Waals surface area contributed by atoms with Gasteiger partial charge in [0.15, 0.2) is 0 Å². The van der Waals surface area contributed by atoms with Crippen LogP contribution in [-0.4, -0.2) is 37.0 Å². The topological polar surface area (TPSA) is 32.3 Å². The molecule has 3 heteroatoms. The van der Waals surface area contributed by atoms with Crippen molar-refractivity contribution >= 4 is 5.91 Å². The van der Waals surface area contributed by atoms with Crippen molar-refractivity contribution in [2.75, 3.05) is 26.2 Å². The summed E-state index contributed by atoms with van der Waals surface area (Å²) in [6.07, 6.45) is 7.84. The van der Waals surface area contributed by atoms with Crippen LogP contribution in [-0.2, 0) is 4.79 Å². The summed E-state index contributed by atoms with van der Waals surface area (Å²) >= 11 is 0. The van der Waals surface area contributed by atoms with Crippen LogP contribution in [0.2, 0.25) is 0 Å². The molecule has 0 aliphatic carbocycles. The number of nitrogens with one attached hydrogen (secondary N) is 1. The fraction of sp³-hybridized carbons (Fsp3) is 0.500. The number of nitrogens with zero attached hydrogens (tertiary/aromatic N) is 1. The van der Waals surface area contributed by atoms with Crippen LogP contribution in [0.25, 0.3) is 0 Å². The molecule has 0 spiro atoms. The van der Waals surface area contributed by atoms with Gasteiger partial charge in [-0.2, -0.15) is 0 Å². The maximum atomic E-state index is 10.7. The molecule has 0 aromatic rings. The highest BCUT2D eigenvalue weighted by atomic mass is 16.2. The maximum Gasteiger partial charge on any atom is 0.219 e. The molecule has 0 aromatic heterocycles. The minimum Gasteiger partial charge on any atom is -0.340 e. The first kappa shape index (κ1) is 15.7. The lowest BCUT2D eigenvalue weighted by Gasteiger charge is -2.25. The molecule has 1 aliphatic rings. The summed E-state index contributed by atoms with van der Waals surface area (Å²) in [5, 5.41) is 3.18. The van der Waals surface area contributed by atoms with Crippen LogP contribution in [0, 0.1) is 0 Å². The first-order valence-corrected chi connectivity index (χ1v) is 6.00. The summed E-state index contributed by atoms with van der Waals surface area (Å²) in [6, 6.07) is 0. The SMILES string of the molecule is C=C/C(C)=C\C=C/C.CC(=O)N1CCNCC1. The van der Waals surface area contributed by atoms with E-state index in [0.29, 0.717) is 0 Å². The normalized spacial score (nSPS) is 16.4. The van der Waals surface area contributed by atoms with Crippen molar-refractivity contribution in [1.82, 2.24) is 10.2 Å². The van der Waals surface area contributed by atoms with E-state index in [1.165, 1.54) is 5.57 Å². The van der Waals surface area contributed by atoms with Crippen LogP contribution in [0.3, 0.4) is 0 Å². The van der Waals surface area contributed by atoms with Crippen molar-refractivity contribution in [2.45, 2.75) is 20.8 Å². The van der Waals surface area contributed by atoms with E-state index >= 15 is 0 Å². The number of amides is 1. The fourth-order valence-corrected chi connectivity index (χ4v) is 1.30. The van der Waals surface area contributed by atoms with Crippen LogP contribution in [0.1, 0.15) is 20.8 Å². The molecule has 1 heterocycles. The third-order valence-electron chi connectivity index (χ3n) is 2.44. The van der Waals surface area contributed by atoms with Gasteiger partial charge in [-0.3, -0.25) is 4.79 Å². The Morgan fingerprint density at radius 1 is 1.29 bits per heavy atom. The lowest BCUT2D eigenvalue weighted by Crippen LogP contribution is -2.45. The van der Waals surface area contributed by atoms with Crippen LogP contribution >= 0.6 is 0 Å². The standard InChI is InChI=1S/C8H12.C6H12N2O/c1-4-6-7-8(3)5-2;1-6(9)8-4-2-7-3-5-8/h4-7H,2H2,1,3H3;7H,2-5H2,1H3/b6-4-,8-7-;. The number of rotatable bonds is 2. The molecular weight excluding hydrogens is 212 g/mol. The van der Waals surface area contributed by atoms with Gasteiger partial charge in [-0.1, -0.05) is 36.5 Å². The average molecular weight is 236 g/mol. The Labute approximate surface area is 105 Å². The molecule has 0 aromatic carbocycles. The number of carbonyl (C=O) groups is 1. The zero-order valence-corrected chi connectivity index (χ0v) is 11.2. The van der Waals surface area contributed by atoms with Crippen LogP contribution in [0.15, 0.2) is 36.5 Å². The van der Waals surface area contributed by atoms with Gasteiger partial charge in [0, 0.05) is 33.1 Å². The Hall–Kier alpha value is -1.35. The zero-order chi connectivity index (χ0) is 13.1. The van der Waals surface area contributed by atoms with Crippen molar-refractivity contribution in [3.63, 3.8) is 0 Å². The molecule has 0 bridgehead atoms. The molecular formula is C14H24N2O. The van der Waals surface area contributed by atoms with Crippen molar-refractivity contribution in [3.8, 4) is 0 Å². The van der Waals surface area contributed by atoms with Crippen molar-refractivity contribution in [2.24, 2.45) is 0 Å². The van der Waals surface area contributed by atoms with Gasteiger partial charge in [-0.05, 0) is 13.8 Å². The molecule has 1 amide bonds. The Kier molecular flexibility index (Phi) is 9.06. The van der Waals surface area contributed by atoms with Gasteiger partial charge in [-0.25, -0.2) is 0 Å². The van der Waals surface area contributed by atoms with Crippen LogP contribution in [0.5, 0.6) is 0 Å². The van der Waals surface area contributed by atoms with E-state index in [4.69, 9.17) is 0 Å². The average Bonchev–Trinajstić information content (AvgIpc) is 2.37. The number of piperazine rings is 1. The predicted octanol–water partition coefficient (Wildman–Crippen LogP) is 2.13. The highest BCUT2D eigenvalue weighted by molar-refractivity contribution is 5.73. The third-order valence-corrected chi connectivity index (χ3v) is 2.44. The summed E-state index contributed by atoms with van der Waals surface area (Å²) in [5.41, 5.74) is 1.20. The molecule has 1 N–H and O–H groups in total. The molecule has 1 aliphatic heterocycles. The van der Waals surface area contributed by atoms with E-state index in [2.05, 4.69) is 11.9 Å². The second-order valence-electron chi connectivity index (χ2n) is 3.90. The largest absolute Gasteiger partial charge is 0.340 e. The molecule has 3 nitrogen and oxygen atoms in total. The number of hydrogen-bond donors (Lipinski definition) is 1. The molecule has 0 saturated carbocycles. The van der Waals surface area contributed by atoms with Crippen LogP contribution in [0.4, 0.5) is 0 Å². The van der Waals surface area contributed by atoms with E-state index in [9.17, 15) is 4.79 Å². The highest BCUT2D eigenvalue weighted by Crippen LogP contribution is 1.91. The Morgan fingerprint density at radius 2 is 1.88 bits per heavy atom. The summed E-state index contributed by atoms with van der Waals surface area (Å²) in [6.45, 7) is 12.9. The van der Waals surface area contributed by atoms with E-state index in [0.717, 1.165) is 26.2 Å².